The van der Waals surface area contributed by atoms with Crippen molar-refractivity contribution in [3.05, 3.63) is 57.6 Å². The van der Waals surface area contributed by atoms with Gasteiger partial charge in [0.1, 0.15) is 12.1 Å². The van der Waals surface area contributed by atoms with Crippen molar-refractivity contribution >= 4 is 22.9 Å². The molecule has 0 saturated heterocycles. The lowest BCUT2D eigenvalue weighted by molar-refractivity contribution is 0.0980. The summed E-state index contributed by atoms with van der Waals surface area (Å²) in [4.78, 5) is 26.7. The molecule has 0 aliphatic heterocycles. The zero-order valence-corrected chi connectivity index (χ0v) is 18.2. The molecule has 1 saturated carbocycles. The van der Waals surface area contributed by atoms with Crippen molar-refractivity contribution in [3.8, 4) is 12.1 Å². The van der Waals surface area contributed by atoms with E-state index < -0.39 is 0 Å². The molecule has 2 aliphatic carbocycles. The number of ketones is 2. The van der Waals surface area contributed by atoms with Gasteiger partial charge in [0, 0.05) is 17.2 Å². The Labute approximate surface area is 188 Å². The summed E-state index contributed by atoms with van der Waals surface area (Å²) in [6.45, 7) is 2.20. The zero-order valence-electron chi connectivity index (χ0n) is 18.2. The van der Waals surface area contributed by atoms with Gasteiger partial charge >= 0.3 is 0 Å². The van der Waals surface area contributed by atoms with E-state index >= 15 is 0 Å². The van der Waals surface area contributed by atoms with Crippen molar-refractivity contribution in [2.24, 2.45) is 5.92 Å². The van der Waals surface area contributed by atoms with Crippen molar-refractivity contribution in [2.45, 2.75) is 57.9 Å². The molecule has 6 heteroatoms. The van der Waals surface area contributed by atoms with Crippen LogP contribution in [-0.4, -0.2) is 17.6 Å². The van der Waals surface area contributed by atoms with Gasteiger partial charge in [-0.1, -0.05) is 50.5 Å². The van der Waals surface area contributed by atoms with Crippen LogP contribution >= 0.6 is 0 Å². The maximum atomic E-state index is 13.5. The standard InChI is InChI=1S/C26H26N4O2/c1-2-3-6-15-9-11-16(12-10-15)30-24-20(14-28)19(13-27)23(29)21-22(24)26(32)18-8-5-4-7-17(18)25(21)31/h4-5,7-8,15-16,30H,2-3,6,9-12,29H2,1H3. The Morgan fingerprint density at radius 1 is 0.969 bits per heavy atom. The quantitative estimate of drug-likeness (QED) is 0.557. The first-order valence-corrected chi connectivity index (χ1v) is 11.3. The lowest BCUT2D eigenvalue weighted by atomic mass is 9.79. The molecule has 0 radical (unpaired) electrons. The number of anilines is 2. The van der Waals surface area contributed by atoms with E-state index in [4.69, 9.17) is 5.73 Å². The van der Waals surface area contributed by atoms with Gasteiger partial charge in [-0.05, 0) is 31.6 Å². The number of carbonyl (C=O) groups is 2. The number of hydrogen-bond donors (Lipinski definition) is 2. The first-order valence-electron chi connectivity index (χ1n) is 11.3. The smallest absolute Gasteiger partial charge is 0.196 e. The van der Waals surface area contributed by atoms with E-state index in [1.807, 2.05) is 6.07 Å². The van der Waals surface area contributed by atoms with Crippen LogP contribution < -0.4 is 11.1 Å². The first-order chi connectivity index (χ1) is 15.5. The number of nitrogen functional groups attached to an aromatic ring is 1. The molecular formula is C26H26N4O2. The highest BCUT2D eigenvalue weighted by molar-refractivity contribution is 6.32. The lowest BCUT2D eigenvalue weighted by Gasteiger charge is -2.32. The van der Waals surface area contributed by atoms with Crippen LogP contribution in [0, 0.1) is 28.6 Å². The number of unbranched alkanes of at least 4 members (excludes halogenated alkanes) is 1. The third-order valence-electron chi connectivity index (χ3n) is 6.79. The van der Waals surface area contributed by atoms with Crippen molar-refractivity contribution in [2.75, 3.05) is 11.1 Å². The molecular weight excluding hydrogens is 400 g/mol. The van der Waals surface area contributed by atoms with E-state index in [-0.39, 0.29) is 56.8 Å². The van der Waals surface area contributed by atoms with E-state index in [2.05, 4.69) is 18.3 Å². The second-order valence-electron chi connectivity index (χ2n) is 8.72. The molecule has 4 rings (SSSR count). The normalized spacial score (nSPS) is 19.5. The summed E-state index contributed by atoms with van der Waals surface area (Å²) in [6, 6.07) is 10.7. The minimum absolute atomic E-state index is 0.0309. The number of benzene rings is 2. The van der Waals surface area contributed by atoms with E-state index in [0.717, 1.165) is 25.7 Å². The maximum absolute atomic E-state index is 13.5. The highest BCUT2D eigenvalue weighted by atomic mass is 16.1. The average Bonchev–Trinajstić information content (AvgIpc) is 2.82. The minimum Gasteiger partial charge on any atom is -0.397 e. The predicted octanol–water partition coefficient (Wildman–Crippen LogP) is 4.95. The Balaban J connectivity index is 1.78. The van der Waals surface area contributed by atoms with E-state index in [1.165, 1.54) is 19.3 Å². The number of nitrogens with zero attached hydrogens (tertiary/aromatic N) is 2. The Hall–Kier alpha value is -3.64. The SMILES string of the molecule is CCCCC1CCC(Nc2c(C#N)c(C#N)c(N)c3c2C(=O)c2ccccc2C3=O)CC1. The summed E-state index contributed by atoms with van der Waals surface area (Å²) in [5.41, 5.74) is 7.08. The van der Waals surface area contributed by atoms with Gasteiger partial charge in [-0.2, -0.15) is 10.5 Å². The van der Waals surface area contributed by atoms with Gasteiger partial charge in [-0.15, -0.1) is 0 Å². The summed E-state index contributed by atoms with van der Waals surface area (Å²) in [7, 11) is 0. The molecule has 0 unspecified atom stereocenters. The number of nitriles is 2. The molecule has 0 amide bonds. The van der Waals surface area contributed by atoms with Crippen molar-refractivity contribution < 1.29 is 9.59 Å². The zero-order chi connectivity index (χ0) is 22.8. The van der Waals surface area contributed by atoms with Crippen LogP contribution in [0.3, 0.4) is 0 Å². The van der Waals surface area contributed by atoms with Crippen LogP contribution in [-0.2, 0) is 0 Å². The fraction of sp³-hybridized carbons (Fsp3) is 0.385. The number of nitrogens with two attached hydrogens (primary N) is 1. The van der Waals surface area contributed by atoms with E-state index in [9.17, 15) is 20.1 Å². The van der Waals surface area contributed by atoms with Crippen molar-refractivity contribution in [1.29, 1.82) is 10.5 Å². The molecule has 2 aromatic rings. The molecule has 0 aromatic heterocycles. The first kappa shape index (κ1) is 21.6. The van der Waals surface area contributed by atoms with Gasteiger partial charge in [-0.25, -0.2) is 0 Å². The molecule has 0 bridgehead atoms. The van der Waals surface area contributed by atoms with Crippen LogP contribution in [0.1, 0.15) is 94.8 Å². The molecule has 0 heterocycles. The van der Waals surface area contributed by atoms with Crippen LogP contribution in [0.5, 0.6) is 0 Å². The molecule has 1 fully saturated rings. The van der Waals surface area contributed by atoms with E-state index in [0.29, 0.717) is 11.5 Å². The van der Waals surface area contributed by atoms with Gasteiger partial charge in [0.2, 0.25) is 0 Å². The molecule has 162 valence electrons. The Morgan fingerprint density at radius 2 is 1.56 bits per heavy atom. The Kier molecular flexibility index (Phi) is 5.97. The highest BCUT2D eigenvalue weighted by Crippen LogP contribution is 2.41. The number of nitrogens with one attached hydrogen (secondary N) is 1. The fourth-order valence-corrected chi connectivity index (χ4v) is 5.05. The predicted molar refractivity (Wildman–Crippen MR) is 122 cm³/mol. The second-order valence-corrected chi connectivity index (χ2v) is 8.72. The monoisotopic (exact) mass is 426 g/mol. The van der Waals surface area contributed by atoms with E-state index in [1.54, 1.807) is 24.3 Å². The molecule has 32 heavy (non-hydrogen) atoms. The molecule has 0 spiro atoms. The Morgan fingerprint density at radius 3 is 2.12 bits per heavy atom. The third-order valence-corrected chi connectivity index (χ3v) is 6.79. The van der Waals surface area contributed by atoms with Gasteiger partial charge in [0.15, 0.2) is 11.6 Å². The van der Waals surface area contributed by atoms with Gasteiger partial charge < -0.3 is 11.1 Å². The topological polar surface area (TPSA) is 120 Å². The average molecular weight is 427 g/mol. The van der Waals surface area contributed by atoms with Crippen molar-refractivity contribution in [3.63, 3.8) is 0 Å². The maximum Gasteiger partial charge on any atom is 0.196 e. The minimum atomic E-state index is -0.389. The van der Waals surface area contributed by atoms with Gasteiger partial charge in [-0.3, -0.25) is 9.59 Å². The number of hydrogen-bond acceptors (Lipinski definition) is 6. The summed E-state index contributed by atoms with van der Waals surface area (Å²) < 4.78 is 0. The summed E-state index contributed by atoms with van der Waals surface area (Å²) in [5.74, 6) is -0.0319. The largest absolute Gasteiger partial charge is 0.397 e. The summed E-state index contributed by atoms with van der Waals surface area (Å²) in [5, 5.41) is 23.0. The molecule has 2 aromatic carbocycles. The van der Waals surface area contributed by atoms with Crippen LogP contribution in [0.4, 0.5) is 11.4 Å². The molecule has 2 aliphatic rings. The molecule has 3 N–H and O–H groups in total. The summed E-state index contributed by atoms with van der Waals surface area (Å²) in [6.07, 6.45) is 7.64. The van der Waals surface area contributed by atoms with Crippen LogP contribution in [0.25, 0.3) is 0 Å². The summed E-state index contributed by atoms with van der Waals surface area (Å²) >= 11 is 0. The highest BCUT2D eigenvalue weighted by Gasteiger charge is 2.37. The van der Waals surface area contributed by atoms with Gasteiger partial charge in [0.05, 0.1) is 33.6 Å². The number of carbonyl (C=O) groups excluding carboxylic acids is 2. The van der Waals surface area contributed by atoms with Gasteiger partial charge in [0.25, 0.3) is 0 Å². The second kappa shape index (κ2) is 8.85. The van der Waals surface area contributed by atoms with Crippen LogP contribution in [0.15, 0.2) is 24.3 Å². The lowest BCUT2D eigenvalue weighted by Crippen LogP contribution is -2.30. The third kappa shape index (κ3) is 3.52. The number of fused-ring (bicyclic) bond motifs is 2. The number of rotatable bonds is 5. The fourth-order valence-electron chi connectivity index (χ4n) is 5.05. The van der Waals surface area contributed by atoms with Crippen molar-refractivity contribution in [1.82, 2.24) is 0 Å². The molecule has 0 atom stereocenters. The molecule has 6 nitrogen and oxygen atoms in total. The Bertz CT molecular complexity index is 1180. The van der Waals surface area contributed by atoms with Crippen LogP contribution in [0.2, 0.25) is 0 Å².